The quantitative estimate of drug-likeness (QED) is 0.0191. The molecule has 17 rings (SSSR count). The molecule has 0 radical (unpaired) electrons. The molecule has 140 heavy (non-hydrogen) atoms. The first-order valence-electron chi connectivity index (χ1n) is 48.7. The molecular formula is C112H128Cl4F4N14O6. The van der Waals surface area contributed by atoms with Crippen LogP contribution in [-0.4, -0.2) is 174 Å². The van der Waals surface area contributed by atoms with Crippen LogP contribution in [0.3, 0.4) is 0 Å². The predicted octanol–water partition coefficient (Wildman–Crippen LogP) is 24.7. The lowest BCUT2D eigenvalue weighted by Crippen LogP contribution is -2.44. The molecule has 13 aromatic rings. The normalized spacial score (nSPS) is 15.3. The molecule has 2 saturated carbocycles. The van der Waals surface area contributed by atoms with Crippen molar-refractivity contribution >= 4 is 108 Å². The second-order valence-corrected chi connectivity index (χ2v) is 39.4. The highest BCUT2D eigenvalue weighted by molar-refractivity contribution is 6.42. The minimum absolute atomic E-state index is 0.0384. The summed E-state index contributed by atoms with van der Waals surface area (Å²) in [5.74, 6) is 7.11. The van der Waals surface area contributed by atoms with Gasteiger partial charge in [0.2, 0.25) is 0 Å². The van der Waals surface area contributed by atoms with Gasteiger partial charge in [0.15, 0.2) is 5.75 Å². The number of piperazine rings is 2. The summed E-state index contributed by atoms with van der Waals surface area (Å²) in [6.07, 6.45) is 14.7. The summed E-state index contributed by atoms with van der Waals surface area (Å²) in [5.41, 5.74) is 17.7. The molecule has 5 heterocycles. The fourth-order valence-electron chi connectivity index (χ4n) is 19.0. The van der Waals surface area contributed by atoms with Crippen LogP contribution in [-0.2, 0) is 40.6 Å². The Morgan fingerprint density at radius 1 is 0.450 bits per heavy atom. The lowest BCUT2D eigenvalue weighted by atomic mass is 9.89. The average Bonchev–Trinajstić information content (AvgIpc) is 1.63. The van der Waals surface area contributed by atoms with E-state index in [1.165, 1.54) is 87.7 Å². The zero-order chi connectivity index (χ0) is 98.9. The van der Waals surface area contributed by atoms with E-state index in [1.807, 2.05) is 86.9 Å². The summed E-state index contributed by atoms with van der Waals surface area (Å²) < 4.78 is 67.5. The fourth-order valence-corrected chi connectivity index (χ4v) is 19.6. The maximum atomic E-state index is 12.7. The Morgan fingerprint density at radius 3 is 1.17 bits per heavy atom. The Kier molecular flexibility index (Phi) is 37.7. The molecule has 2 aliphatic carbocycles. The van der Waals surface area contributed by atoms with Crippen molar-refractivity contribution < 1.29 is 46.5 Å². The summed E-state index contributed by atoms with van der Waals surface area (Å²) in [6.45, 7) is 20.3. The monoisotopic (exact) mass is 1980 g/mol. The third kappa shape index (κ3) is 29.5. The number of rotatable bonds is 36. The molecule has 3 atom stereocenters. The largest absolute Gasteiger partial charge is 0.573 e. The van der Waals surface area contributed by atoms with Crippen LogP contribution < -0.4 is 40.2 Å². The van der Waals surface area contributed by atoms with Crippen molar-refractivity contribution in [3.8, 4) is 63.8 Å². The second-order valence-electron chi connectivity index (χ2n) is 37.8. The van der Waals surface area contributed by atoms with Crippen LogP contribution in [0, 0.1) is 24.2 Å². The van der Waals surface area contributed by atoms with Crippen LogP contribution in [0.15, 0.2) is 212 Å². The maximum absolute atomic E-state index is 12.7. The summed E-state index contributed by atoms with van der Waals surface area (Å²) in [7, 11) is 8.40. The van der Waals surface area contributed by atoms with Crippen LogP contribution >= 0.6 is 46.4 Å². The molecule has 738 valence electrons. The van der Waals surface area contributed by atoms with Gasteiger partial charge in [0.25, 0.3) is 0 Å². The number of terminal acetylenes is 1. The number of fused-ring (bicyclic) bond motifs is 3. The van der Waals surface area contributed by atoms with E-state index in [9.17, 15) is 32.1 Å². The van der Waals surface area contributed by atoms with Crippen LogP contribution in [0.5, 0.6) is 17.2 Å². The van der Waals surface area contributed by atoms with E-state index >= 15 is 0 Å². The maximum Gasteiger partial charge on any atom is 0.573 e. The minimum atomic E-state index is -4.75. The number of ketones is 3. The number of carbonyl (C=O) groups is 3. The molecule has 3 unspecified atom stereocenters. The Hall–Kier alpha value is -11.2. The first kappa shape index (κ1) is 105. The number of Topliss-reactive ketones (excluding diaryl/α,β-unsaturated/α-hetero) is 3. The zero-order valence-corrected chi connectivity index (χ0v) is 84.3. The number of alkyl halides is 3. The molecule has 20 nitrogen and oxygen atoms in total. The molecule has 3 aromatic heterocycles. The first-order valence-corrected chi connectivity index (χ1v) is 50.2. The number of anilines is 2. The summed E-state index contributed by atoms with van der Waals surface area (Å²) >= 11 is 25.0. The number of hydrogen-bond donors (Lipinski definition) is 3. The molecule has 0 spiro atoms. The van der Waals surface area contributed by atoms with E-state index in [4.69, 9.17) is 66.1 Å². The van der Waals surface area contributed by atoms with Crippen LogP contribution in [0.25, 0.3) is 67.3 Å². The van der Waals surface area contributed by atoms with Gasteiger partial charge in [-0.1, -0.05) is 140 Å². The standard InChI is InChI=1S/C37H45F3N4O3.C36H35Cl4N5O.C36H44FN5O2.C3H4/c1-26(45)22-33(41-24-27-8-5-4-6-9-27)30-14-19-35-34(23-30)42-36(29-12-17-31(18-13-29)46-21-7-20-43(2)3)44(35)25-28-10-15-32(16-11-28)47-37(38,39)40;1-23(46)17-33(41-21-24-3-10-29(37)31(39)18-24)27-7-12-35-34(20-27)42-36(45(35)22-25-4-11-30(38)32(40)19-25)26-5-8-28(9-6-26)44-15-13-43(2)14-16-44;1-26(43)22-33(38-24-27-6-4-3-5-7-27)30-12-17-35-34(23-30)39-36(42(35)25-28-8-15-32(44-37)16-9-28)29-10-13-31(14-11-29)41-20-18-40(2)19-21-41;1-3-2/h10-19,23,27,33,41H,4-9,20-22,24-25H2,1-3H3;3-12,18-20,33,41H,13-17,21-22H2,1-2H3;8-17,23,27,33,38H,3-7,18-22,24-25H2,1-2H3;1H,2H3. The highest BCUT2D eigenvalue weighted by Gasteiger charge is 2.32. The van der Waals surface area contributed by atoms with Gasteiger partial charge >= 0.3 is 6.36 Å². The van der Waals surface area contributed by atoms with Gasteiger partial charge in [-0.15, -0.1) is 25.5 Å². The summed E-state index contributed by atoms with van der Waals surface area (Å²) in [6, 6.07) is 67.9. The number of ether oxygens (including phenoxy) is 2. The molecule has 10 aromatic carbocycles. The molecule has 3 N–H and O–H groups in total. The Morgan fingerprint density at radius 2 is 0.800 bits per heavy atom. The number of benzene rings is 10. The SMILES string of the molecule is C#CC.CC(=O)CC(NCC1CCCCC1)c1ccc2c(c1)nc(-c1ccc(N3CCN(C)CC3)cc1)n2Cc1ccc(OF)cc1.CC(=O)CC(NCC1CCCCC1)c1ccc2c(c1)nc(-c1ccc(OCCCN(C)C)cc1)n2Cc1ccc(OC(F)(F)F)cc1.CC(=O)CC(NCc1ccc(Cl)c(Cl)c1)c1ccc2c(c1)nc(-c1ccc(N3CCN(C)CC3)cc1)n2Cc1ccc(Cl)c(Cl)c1. The lowest BCUT2D eigenvalue weighted by molar-refractivity contribution is -0.274. The molecular weight excluding hydrogens is 1860 g/mol. The highest BCUT2D eigenvalue weighted by atomic mass is 35.5. The minimum Gasteiger partial charge on any atom is -0.494 e. The molecule has 0 bridgehead atoms. The Labute approximate surface area is 840 Å². The van der Waals surface area contributed by atoms with Gasteiger partial charge in [0, 0.05) is 155 Å². The third-order valence-electron chi connectivity index (χ3n) is 26.6. The highest BCUT2D eigenvalue weighted by Crippen LogP contribution is 2.39. The van der Waals surface area contributed by atoms with Crippen molar-refractivity contribution in [1.29, 1.82) is 0 Å². The van der Waals surface area contributed by atoms with Crippen LogP contribution in [0.2, 0.25) is 20.1 Å². The van der Waals surface area contributed by atoms with Crippen molar-refractivity contribution in [2.24, 2.45) is 11.8 Å². The number of likely N-dealkylation sites (N-methyl/N-ethyl adjacent to an activating group) is 2. The Balaban J connectivity index is 0.000000165. The molecule has 28 heteroatoms. The van der Waals surface area contributed by atoms with Crippen molar-refractivity contribution in [3.63, 3.8) is 0 Å². The van der Waals surface area contributed by atoms with Gasteiger partial charge in [-0.3, -0.25) is 19.3 Å². The van der Waals surface area contributed by atoms with Gasteiger partial charge in [0.1, 0.15) is 46.3 Å². The zero-order valence-electron chi connectivity index (χ0n) is 81.3. The van der Waals surface area contributed by atoms with Crippen molar-refractivity contribution in [3.05, 3.63) is 271 Å². The van der Waals surface area contributed by atoms with Crippen molar-refractivity contribution in [1.82, 2.24) is 59.3 Å². The van der Waals surface area contributed by atoms with E-state index in [1.54, 1.807) is 58.0 Å². The first-order chi connectivity index (χ1) is 67.6. The molecule has 4 fully saturated rings. The van der Waals surface area contributed by atoms with Gasteiger partial charge in [-0.25, -0.2) is 15.0 Å². The number of nitrogens with one attached hydrogen (secondary N) is 3. The van der Waals surface area contributed by atoms with Gasteiger partial charge < -0.3 is 63.6 Å². The number of halogens is 8. The average molecular weight is 1980 g/mol. The smallest absolute Gasteiger partial charge is 0.494 e. The molecule has 4 aliphatic rings. The van der Waals surface area contributed by atoms with E-state index in [-0.39, 0.29) is 47.0 Å². The second kappa shape index (κ2) is 50.5. The van der Waals surface area contributed by atoms with Gasteiger partial charge in [0.05, 0.1) is 59.8 Å². The number of imidazole rings is 3. The van der Waals surface area contributed by atoms with E-state index in [2.05, 4.69) is 187 Å². The fraction of sp³-hybridized carbons (Fsp3) is 0.393. The predicted molar refractivity (Wildman–Crippen MR) is 560 cm³/mol. The molecule has 2 aliphatic heterocycles. The number of nitrogens with zero attached hydrogens (tertiary/aromatic N) is 11. The van der Waals surface area contributed by atoms with Crippen LogP contribution in [0.1, 0.15) is 175 Å². The summed E-state index contributed by atoms with van der Waals surface area (Å²) in [5, 5.41) is 13.0. The van der Waals surface area contributed by atoms with Crippen molar-refractivity contribution in [2.75, 3.05) is 117 Å². The van der Waals surface area contributed by atoms with Gasteiger partial charge in [-0.05, 0) is 310 Å². The number of carbonyl (C=O) groups excluding carboxylic acids is 3. The Bertz CT molecular complexity index is 6300. The summed E-state index contributed by atoms with van der Waals surface area (Å²) in [4.78, 5) is 67.9. The lowest BCUT2D eigenvalue weighted by Gasteiger charge is -2.34. The van der Waals surface area contributed by atoms with E-state index in [0.29, 0.717) is 84.0 Å². The number of hydrogen-bond acceptors (Lipinski definition) is 17. The molecule has 0 amide bonds. The van der Waals surface area contributed by atoms with Gasteiger partial charge in [-0.2, -0.15) is 0 Å². The molecule has 2 saturated heterocycles. The number of aromatic nitrogens is 6. The third-order valence-corrected chi connectivity index (χ3v) is 28.1. The van der Waals surface area contributed by atoms with E-state index in [0.717, 1.165) is 190 Å². The van der Waals surface area contributed by atoms with E-state index < -0.39 is 6.36 Å². The van der Waals surface area contributed by atoms with Crippen molar-refractivity contribution in [2.45, 2.75) is 168 Å². The van der Waals surface area contributed by atoms with Crippen LogP contribution in [0.4, 0.5) is 29.1 Å². The topological polar surface area (TPSA) is 185 Å².